The van der Waals surface area contributed by atoms with Gasteiger partial charge in [0.15, 0.2) is 0 Å². The van der Waals surface area contributed by atoms with E-state index >= 15 is 0 Å². The molecular formula is C19H16F3N3O2Se. The minimum atomic E-state index is -4.52. The summed E-state index contributed by atoms with van der Waals surface area (Å²) in [4.78, 5) is 23.5. The molecule has 3 aromatic rings. The number of carbonyl (C=O) groups excluding carboxylic acids is 2. The number of benzene rings is 2. The Hall–Kier alpha value is -2.77. The third-order valence-corrected chi connectivity index (χ3v) is 6.45. The van der Waals surface area contributed by atoms with E-state index in [1.807, 2.05) is 24.3 Å². The number of primary amides is 1. The first kappa shape index (κ1) is 20.0. The van der Waals surface area contributed by atoms with Crippen LogP contribution in [0.3, 0.4) is 0 Å². The first-order chi connectivity index (χ1) is 13.2. The van der Waals surface area contributed by atoms with Gasteiger partial charge in [-0.1, -0.05) is 0 Å². The van der Waals surface area contributed by atoms with Crippen molar-refractivity contribution in [2.24, 2.45) is 5.73 Å². The Bertz CT molecular complexity index is 1060. The van der Waals surface area contributed by atoms with Crippen LogP contribution in [-0.4, -0.2) is 38.4 Å². The number of fused-ring (bicyclic) bond motifs is 1. The van der Waals surface area contributed by atoms with Gasteiger partial charge in [0.25, 0.3) is 0 Å². The standard InChI is InChI=1S/C19H16F3N3O2Se/c1-24-17(26)10-25-9-16(12-4-2-3-5-14(12)25)28-15-8-11(19(20,21)22)6-7-13(15)18(23)27/h2-9H,10H2,1H3,(H2,23,27)(H,24,26). The number of amides is 2. The Balaban J connectivity index is 2.10. The molecule has 0 aliphatic carbocycles. The molecule has 0 saturated heterocycles. The topological polar surface area (TPSA) is 77.1 Å². The summed E-state index contributed by atoms with van der Waals surface area (Å²) in [7, 11) is 1.53. The van der Waals surface area contributed by atoms with Gasteiger partial charge in [0.05, 0.1) is 0 Å². The molecule has 5 nitrogen and oxygen atoms in total. The van der Waals surface area contributed by atoms with Crippen LogP contribution >= 0.6 is 0 Å². The van der Waals surface area contributed by atoms with E-state index in [2.05, 4.69) is 5.32 Å². The van der Waals surface area contributed by atoms with Gasteiger partial charge in [0.1, 0.15) is 0 Å². The van der Waals surface area contributed by atoms with Gasteiger partial charge < -0.3 is 0 Å². The molecule has 0 atom stereocenters. The predicted octanol–water partition coefficient (Wildman–Crippen LogP) is 1.16. The molecule has 3 N–H and O–H groups in total. The molecule has 0 unspecified atom stereocenters. The SMILES string of the molecule is CNC(=O)Cn1cc([Se]c2cc(C(F)(F)F)ccc2C(N)=O)c2ccccc21. The summed E-state index contributed by atoms with van der Waals surface area (Å²) in [5, 5.41) is 3.36. The molecule has 0 fully saturated rings. The number of aromatic nitrogens is 1. The Kier molecular flexibility index (Phi) is 5.49. The minimum absolute atomic E-state index is 0.0659. The Morgan fingerprint density at radius 3 is 2.50 bits per heavy atom. The van der Waals surface area contributed by atoms with E-state index in [1.165, 1.54) is 7.05 Å². The van der Waals surface area contributed by atoms with Crippen LogP contribution in [0.2, 0.25) is 0 Å². The van der Waals surface area contributed by atoms with Crippen LogP contribution in [0, 0.1) is 0 Å². The van der Waals surface area contributed by atoms with E-state index in [4.69, 9.17) is 5.73 Å². The third kappa shape index (κ3) is 4.05. The summed E-state index contributed by atoms with van der Waals surface area (Å²) >= 11 is -0.626. The van der Waals surface area contributed by atoms with E-state index in [9.17, 15) is 22.8 Å². The van der Waals surface area contributed by atoms with Crippen molar-refractivity contribution in [2.75, 3.05) is 7.05 Å². The number of rotatable bonds is 5. The number of nitrogens with zero attached hydrogens (tertiary/aromatic N) is 1. The van der Waals surface area contributed by atoms with Gasteiger partial charge in [-0.2, -0.15) is 0 Å². The number of nitrogens with one attached hydrogen (secondary N) is 1. The molecule has 28 heavy (non-hydrogen) atoms. The quantitative estimate of drug-likeness (QED) is 0.568. The third-order valence-electron chi connectivity index (χ3n) is 4.14. The molecule has 1 aromatic heterocycles. The summed E-state index contributed by atoms with van der Waals surface area (Å²) in [6.45, 7) is 0.0817. The monoisotopic (exact) mass is 455 g/mol. The molecule has 1 heterocycles. The molecule has 0 aliphatic rings. The summed E-state index contributed by atoms with van der Waals surface area (Å²) in [6.07, 6.45) is -2.78. The van der Waals surface area contributed by atoms with Crippen molar-refractivity contribution in [2.45, 2.75) is 12.7 Å². The van der Waals surface area contributed by atoms with Gasteiger partial charge in [-0.25, -0.2) is 0 Å². The molecule has 0 radical (unpaired) electrons. The number of likely N-dealkylation sites (N-methyl/N-ethyl adjacent to an activating group) is 1. The van der Waals surface area contributed by atoms with Crippen molar-refractivity contribution in [3.63, 3.8) is 0 Å². The second kappa shape index (κ2) is 7.69. The zero-order chi connectivity index (χ0) is 20.5. The molecule has 9 heteroatoms. The second-order valence-corrected chi connectivity index (χ2v) is 8.26. The normalized spacial score (nSPS) is 11.6. The number of hydrogen-bond donors (Lipinski definition) is 2. The first-order valence-corrected chi connectivity index (χ1v) is 9.89. The van der Waals surface area contributed by atoms with Crippen LogP contribution < -0.4 is 20.0 Å². The van der Waals surface area contributed by atoms with Crippen LogP contribution in [0.25, 0.3) is 10.9 Å². The van der Waals surface area contributed by atoms with Crippen LogP contribution in [0.4, 0.5) is 13.2 Å². The van der Waals surface area contributed by atoms with E-state index in [0.717, 1.165) is 33.6 Å². The fourth-order valence-corrected chi connectivity index (χ4v) is 5.21. The number of halogens is 3. The molecular weight excluding hydrogens is 438 g/mol. The van der Waals surface area contributed by atoms with Crippen molar-refractivity contribution in [1.29, 1.82) is 0 Å². The van der Waals surface area contributed by atoms with Crippen molar-refractivity contribution < 1.29 is 22.8 Å². The number of nitrogens with two attached hydrogens (primary N) is 1. The van der Waals surface area contributed by atoms with Gasteiger partial charge in [-0.05, 0) is 0 Å². The zero-order valence-electron chi connectivity index (χ0n) is 14.7. The summed E-state index contributed by atoms with van der Waals surface area (Å²) < 4.78 is 42.1. The fourth-order valence-electron chi connectivity index (χ4n) is 2.76. The molecule has 0 aliphatic heterocycles. The van der Waals surface area contributed by atoms with E-state index in [1.54, 1.807) is 10.8 Å². The van der Waals surface area contributed by atoms with Crippen LogP contribution in [-0.2, 0) is 17.5 Å². The van der Waals surface area contributed by atoms with Gasteiger partial charge in [-0.15, -0.1) is 0 Å². The van der Waals surface area contributed by atoms with Gasteiger partial charge in [0, 0.05) is 0 Å². The summed E-state index contributed by atoms with van der Waals surface area (Å²) in [6, 6.07) is 10.3. The number of para-hydroxylation sites is 1. The summed E-state index contributed by atoms with van der Waals surface area (Å²) in [5.74, 6) is -0.976. The molecule has 0 saturated carbocycles. The van der Waals surface area contributed by atoms with Crippen LogP contribution in [0.1, 0.15) is 15.9 Å². The Labute approximate surface area is 164 Å². The van der Waals surface area contributed by atoms with E-state index in [0.29, 0.717) is 0 Å². The van der Waals surface area contributed by atoms with E-state index in [-0.39, 0.29) is 22.5 Å². The van der Waals surface area contributed by atoms with E-state index < -0.39 is 32.6 Å². The zero-order valence-corrected chi connectivity index (χ0v) is 16.4. The number of hydrogen-bond acceptors (Lipinski definition) is 2. The average molecular weight is 454 g/mol. The Morgan fingerprint density at radius 2 is 1.86 bits per heavy atom. The Morgan fingerprint density at radius 1 is 1.14 bits per heavy atom. The van der Waals surface area contributed by atoms with Gasteiger partial charge >= 0.3 is 165 Å². The van der Waals surface area contributed by atoms with Crippen molar-refractivity contribution >= 4 is 46.6 Å². The van der Waals surface area contributed by atoms with Gasteiger partial charge in [-0.3, -0.25) is 0 Å². The summed E-state index contributed by atoms with van der Waals surface area (Å²) in [5.41, 5.74) is 5.38. The number of carbonyl (C=O) groups is 2. The van der Waals surface area contributed by atoms with Crippen molar-refractivity contribution in [3.8, 4) is 0 Å². The second-order valence-electron chi connectivity index (χ2n) is 5.99. The molecule has 0 spiro atoms. The van der Waals surface area contributed by atoms with Crippen LogP contribution in [0.5, 0.6) is 0 Å². The fraction of sp³-hybridized carbons (Fsp3) is 0.158. The maximum absolute atomic E-state index is 13.1. The molecule has 2 aromatic carbocycles. The van der Waals surface area contributed by atoms with Crippen molar-refractivity contribution in [1.82, 2.24) is 9.88 Å². The van der Waals surface area contributed by atoms with Crippen molar-refractivity contribution in [3.05, 3.63) is 59.8 Å². The number of alkyl halides is 3. The van der Waals surface area contributed by atoms with Gasteiger partial charge in [0.2, 0.25) is 0 Å². The molecule has 2 amide bonds. The first-order valence-electron chi connectivity index (χ1n) is 8.18. The molecule has 3 rings (SSSR count). The van der Waals surface area contributed by atoms with Crippen LogP contribution in [0.15, 0.2) is 48.7 Å². The maximum atomic E-state index is 13.1. The predicted molar refractivity (Wildman–Crippen MR) is 101 cm³/mol. The molecule has 0 bridgehead atoms. The molecule has 146 valence electrons. The average Bonchev–Trinajstić information content (AvgIpc) is 2.98.